The van der Waals surface area contributed by atoms with Crippen molar-refractivity contribution >= 4 is 11.6 Å². The number of aromatic nitrogens is 2. The second kappa shape index (κ2) is 6.57. The fraction of sp³-hybridized carbons (Fsp3) is 0.389. The summed E-state index contributed by atoms with van der Waals surface area (Å²) < 4.78 is 0. The van der Waals surface area contributed by atoms with Crippen molar-refractivity contribution in [1.29, 1.82) is 0 Å². The van der Waals surface area contributed by atoms with Crippen LogP contribution in [0.15, 0.2) is 35.1 Å². The Hall–Kier alpha value is -2.47. The lowest BCUT2D eigenvalue weighted by atomic mass is 10.0. The van der Waals surface area contributed by atoms with Crippen molar-refractivity contribution < 1.29 is 9.90 Å². The van der Waals surface area contributed by atoms with Crippen molar-refractivity contribution in [2.45, 2.75) is 44.6 Å². The summed E-state index contributed by atoms with van der Waals surface area (Å²) >= 11 is 0. The minimum Gasteiger partial charge on any atom is -0.380 e. The number of aryl methyl sites for hydroxylation is 1. The molecule has 0 bridgehead atoms. The highest BCUT2D eigenvalue weighted by Crippen LogP contribution is 2.31. The summed E-state index contributed by atoms with van der Waals surface area (Å²) in [5.74, 6) is 0.0935. The third-order valence-electron chi connectivity index (χ3n) is 4.40. The number of H-pyrrole nitrogens is 1. The zero-order valence-corrected chi connectivity index (χ0v) is 13.6. The zero-order chi connectivity index (χ0) is 17.2. The van der Waals surface area contributed by atoms with Crippen LogP contribution in [0.3, 0.4) is 0 Å². The average Bonchev–Trinajstić information content (AvgIpc) is 3.02. The Morgan fingerprint density at radius 2 is 2.08 bits per heavy atom. The lowest BCUT2D eigenvalue weighted by molar-refractivity contribution is -0.133. The molecule has 0 atom stereocenters. The number of nitrogens with zero attached hydrogens (tertiary/aromatic N) is 1. The predicted molar refractivity (Wildman–Crippen MR) is 91.7 cm³/mol. The summed E-state index contributed by atoms with van der Waals surface area (Å²) in [4.78, 5) is 31.2. The fourth-order valence-electron chi connectivity index (χ4n) is 3.00. The van der Waals surface area contributed by atoms with Gasteiger partial charge in [0.05, 0.1) is 0 Å². The van der Waals surface area contributed by atoms with Gasteiger partial charge in [0, 0.05) is 23.0 Å². The molecule has 1 aliphatic rings. The van der Waals surface area contributed by atoms with Gasteiger partial charge in [-0.1, -0.05) is 19.1 Å². The molecule has 6 heteroatoms. The van der Waals surface area contributed by atoms with Gasteiger partial charge < -0.3 is 15.4 Å². The fourth-order valence-corrected chi connectivity index (χ4v) is 3.00. The van der Waals surface area contributed by atoms with Gasteiger partial charge in [0.25, 0.3) is 11.5 Å². The molecule has 1 aromatic heterocycles. The minimum atomic E-state index is -1.27. The summed E-state index contributed by atoms with van der Waals surface area (Å²) in [7, 11) is 0. The molecule has 1 fully saturated rings. The van der Waals surface area contributed by atoms with Crippen LogP contribution in [-0.2, 0) is 11.2 Å². The van der Waals surface area contributed by atoms with Crippen LogP contribution >= 0.6 is 0 Å². The maximum Gasteiger partial charge on any atom is 0.256 e. The highest BCUT2D eigenvalue weighted by Gasteiger charge is 2.38. The number of carbonyl (C=O) groups is 1. The lowest BCUT2D eigenvalue weighted by Gasteiger charge is -2.21. The van der Waals surface area contributed by atoms with Gasteiger partial charge in [-0.15, -0.1) is 0 Å². The number of carbonyl (C=O) groups excluding carboxylic acids is 1. The van der Waals surface area contributed by atoms with Crippen LogP contribution in [0.25, 0.3) is 11.4 Å². The number of hydrogen-bond acceptors (Lipinski definition) is 4. The molecule has 0 unspecified atom stereocenters. The van der Waals surface area contributed by atoms with Gasteiger partial charge >= 0.3 is 0 Å². The molecule has 0 aliphatic heterocycles. The van der Waals surface area contributed by atoms with Gasteiger partial charge in [-0.3, -0.25) is 9.59 Å². The van der Waals surface area contributed by atoms with Gasteiger partial charge in [0.1, 0.15) is 11.4 Å². The molecule has 6 nitrogen and oxygen atoms in total. The Morgan fingerprint density at radius 3 is 2.79 bits per heavy atom. The van der Waals surface area contributed by atoms with Crippen LogP contribution in [0.5, 0.6) is 0 Å². The maximum absolute atomic E-state index is 12.3. The van der Waals surface area contributed by atoms with E-state index in [4.69, 9.17) is 0 Å². The second-order valence-corrected chi connectivity index (χ2v) is 6.21. The number of anilines is 1. The van der Waals surface area contributed by atoms with Crippen molar-refractivity contribution in [1.82, 2.24) is 9.97 Å². The Kier molecular flexibility index (Phi) is 4.49. The number of aromatic amines is 1. The molecular formula is C18H21N3O3. The molecule has 1 saturated carbocycles. The second-order valence-electron chi connectivity index (χ2n) is 6.21. The first kappa shape index (κ1) is 16.4. The molecule has 24 heavy (non-hydrogen) atoms. The molecule has 2 aromatic rings. The molecule has 0 spiro atoms. The molecule has 126 valence electrons. The van der Waals surface area contributed by atoms with E-state index in [2.05, 4.69) is 15.3 Å². The summed E-state index contributed by atoms with van der Waals surface area (Å²) in [6.07, 6.45) is 3.37. The molecule has 1 amide bonds. The van der Waals surface area contributed by atoms with E-state index in [9.17, 15) is 14.7 Å². The summed E-state index contributed by atoms with van der Waals surface area (Å²) in [6, 6.07) is 8.57. The molecule has 1 aliphatic carbocycles. The summed E-state index contributed by atoms with van der Waals surface area (Å²) in [5, 5.41) is 13.1. The van der Waals surface area contributed by atoms with Gasteiger partial charge in [-0.05, 0) is 44.2 Å². The number of benzene rings is 1. The van der Waals surface area contributed by atoms with Gasteiger partial charge in [0.15, 0.2) is 0 Å². The largest absolute Gasteiger partial charge is 0.380 e. The van der Waals surface area contributed by atoms with E-state index in [1.807, 2.05) is 13.0 Å². The minimum absolute atomic E-state index is 0.202. The molecule has 3 N–H and O–H groups in total. The highest BCUT2D eigenvalue weighted by molar-refractivity contribution is 5.97. The van der Waals surface area contributed by atoms with Crippen molar-refractivity contribution in [2.24, 2.45) is 0 Å². The van der Waals surface area contributed by atoms with Crippen molar-refractivity contribution in [3.8, 4) is 11.4 Å². The highest BCUT2D eigenvalue weighted by atomic mass is 16.3. The summed E-state index contributed by atoms with van der Waals surface area (Å²) in [6.45, 7) is 1.94. The topological polar surface area (TPSA) is 95.1 Å². The monoisotopic (exact) mass is 327 g/mol. The molecular weight excluding hydrogens is 306 g/mol. The molecule has 1 heterocycles. The number of hydrogen-bond donors (Lipinski definition) is 3. The quantitative estimate of drug-likeness (QED) is 0.802. The number of aliphatic hydroxyl groups is 1. The van der Waals surface area contributed by atoms with E-state index >= 15 is 0 Å². The average molecular weight is 327 g/mol. The van der Waals surface area contributed by atoms with Crippen LogP contribution in [0.1, 0.15) is 38.3 Å². The molecule has 1 aromatic carbocycles. The van der Waals surface area contributed by atoms with Crippen LogP contribution < -0.4 is 10.9 Å². The maximum atomic E-state index is 12.3. The van der Waals surface area contributed by atoms with E-state index in [1.165, 1.54) is 6.07 Å². The Bertz CT molecular complexity index is 807. The van der Waals surface area contributed by atoms with E-state index in [1.54, 1.807) is 18.2 Å². The third-order valence-corrected chi connectivity index (χ3v) is 4.40. The SMILES string of the molecule is CCc1cc(=O)[nH]c(-c2cccc(NC(=O)C3(O)CCCC3)c2)n1. The normalized spacial score (nSPS) is 16.1. The summed E-state index contributed by atoms with van der Waals surface area (Å²) in [5.41, 5.74) is 0.515. The van der Waals surface area contributed by atoms with Crippen molar-refractivity contribution in [3.05, 3.63) is 46.4 Å². The smallest absolute Gasteiger partial charge is 0.256 e. The third kappa shape index (κ3) is 3.38. The van der Waals surface area contributed by atoms with Gasteiger partial charge in [0.2, 0.25) is 0 Å². The van der Waals surface area contributed by atoms with Crippen molar-refractivity contribution in [2.75, 3.05) is 5.32 Å². The van der Waals surface area contributed by atoms with Crippen LogP contribution in [0, 0.1) is 0 Å². The van der Waals surface area contributed by atoms with Gasteiger partial charge in [-0.25, -0.2) is 4.98 Å². The number of rotatable bonds is 4. The zero-order valence-electron chi connectivity index (χ0n) is 13.6. The van der Waals surface area contributed by atoms with Crippen LogP contribution in [0.4, 0.5) is 5.69 Å². The van der Waals surface area contributed by atoms with Crippen LogP contribution in [0.2, 0.25) is 0 Å². The van der Waals surface area contributed by atoms with E-state index in [-0.39, 0.29) is 11.5 Å². The van der Waals surface area contributed by atoms with Crippen LogP contribution in [-0.4, -0.2) is 26.6 Å². The molecule has 0 radical (unpaired) electrons. The van der Waals surface area contributed by atoms with E-state index < -0.39 is 5.60 Å². The first-order chi connectivity index (χ1) is 11.5. The first-order valence-corrected chi connectivity index (χ1v) is 8.25. The molecule has 3 rings (SSSR count). The Morgan fingerprint density at radius 1 is 1.33 bits per heavy atom. The van der Waals surface area contributed by atoms with Crippen molar-refractivity contribution in [3.63, 3.8) is 0 Å². The Balaban J connectivity index is 1.85. The lowest BCUT2D eigenvalue weighted by Crippen LogP contribution is -2.40. The number of nitrogens with one attached hydrogen (secondary N) is 2. The van der Waals surface area contributed by atoms with E-state index in [0.717, 1.165) is 12.8 Å². The number of amides is 1. The first-order valence-electron chi connectivity index (χ1n) is 8.25. The van der Waals surface area contributed by atoms with E-state index in [0.29, 0.717) is 42.0 Å². The van der Waals surface area contributed by atoms with Gasteiger partial charge in [-0.2, -0.15) is 0 Å². The standard InChI is InChI=1S/C18H21N3O3/c1-2-13-11-15(22)21-16(19-13)12-6-5-7-14(10-12)20-17(23)18(24)8-3-4-9-18/h5-7,10-11,24H,2-4,8-9H2,1H3,(H,20,23)(H,19,21,22). The molecule has 0 saturated heterocycles. The predicted octanol–water partition coefficient (Wildman–Crippen LogP) is 2.24. The Labute approximate surface area is 140 Å².